The van der Waals surface area contributed by atoms with Crippen molar-refractivity contribution in [1.82, 2.24) is 14.4 Å². The van der Waals surface area contributed by atoms with Crippen LogP contribution in [0.2, 0.25) is 0 Å². The van der Waals surface area contributed by atoms with Crippen molar-refractivity contribution in [2.75, 3.05) is 24.8 Å². The molecule has 2 N–H and O–H groups in total. The van der Waals surface area contributed by atoms with Gasteiger partial charge in [0.2, 0.25) is 0 Å². The molecule has 3 heterocycles. The Balaban J connectivity index is 1.72. The van der Waals surface area contributed by atoms with E-state index < -0.39 is 0 Å². The van der Waals surface area contributed by atoms with Gasteiger partial charge in [0.15, 0.2) is 5.13 Å². The molecule has 7 nitrogen and oxygen atoms in total. The lowest BCUT2D eigenvalue weighted by Gasteiger charge is -2.12. The van der Waals surface area contributed by atoms with Crippen molar-refractivity contribution in [1.29, 1.82) is 0 Å². The van der Waals surface area contributed by atoms with Crippen LogP contribution in [0.25, 0.3) is 16.9 Å². The summed E-state index contributed by atoms with van der Waals surface area (Å²) in [5.74, 6) is 0.332. The Morgan fingerprint density at radius 3 is 2.72 bits per heavy atom. The van der Waals surface area contributed by atoms with E-state index in [0.717, 1.165) is 27.6 Å². The van der Waals surface area contributed by atoms with Gasteiger partial charge in [-0.25, -0.2) is 9.97 Å². The third kappa shape index (κ3) is 3.54. The topological polar surface area (TPSA) is 80.6 Å². The SMILES string of the molecule is CNc1nc(-c2ccc(OC)c(NC(=O)c3c(C)nc4ccc(C)cn34)c2)cs1. The standard InChI is InChI=1S/C21H21N5O2S/c1-12-5-8-18-23-13(2)19(26(18)10-12)20(27)24-15-9-14(6-7-17(15)28-4)16-11-29-21(22-3)25-16/h5-11H,1-4H3,(H,22,25)(H,24,27). The van der Waals surface area contributed by atoms with Crippen molar-refractivity contribution in [2.24, 2.45) is 0 Å². The lowest BCUT2D eigenvalue weighted by atomic mass is 10.1. The smallest absolute Gasteiger partial charge is 0.274 e. The number of nitrogens with zero attached hydrogens (tertiary/aromatic N) is 3. The first-order valence-corrected chi connectivity index (χ1v) is 9.96. The van der Waals surface area contributed by atoms with Crippen LogP contribution in [0, 0.1) is 13.8 Å². The largest absolute Gasteiger partial charge is 0.495 e. The first kappa shape index (κ1) is 18.9. The molecule has 3 aromatic heterocycles. The molecule has 8 heteroatoms. The molecule has 0 spiro atoms. The van der Waals surface area contributed by atoms with Gasteiger partial charge in [-0.2, -0.15) is 0 Å². The second-order valence-corrected chi connectivity index (χ2v) is 7.50. The number of fused-ring (bicyclic) bond motifs is 1. The maximum absolute atomic E-state index is 13.1. The van der Waals surface area contributed by atoms with E-state index in [9.17, 15) is 4.79 Å². The first-order valence-electron chi connectivity index (χ1n) is 9.08. The summed E-state index contributed by atoms with van der Waals surface area (Å²) in [6.45, 7) is 3.82. The summed E-state index contributed by atoms with van der Waals surface area (Å²) in [7, 11) is 3.41. The highest BCUT2D eigenvalue weighted by Crippen LogP contribution is 2.32. The number of thiazole rings is 1. The molecule has 1 amide bonds. The van der Waals surface area contributed by atoms with E-state index in [1.807, 2.05) is 67.2 Å². The quantitative estimate of drug-likeness (QED) is 0.513. The molecule has 148 valence electrons. The molecular weight excluding hydrogens is 386 g/mol. The van der Waals surface area contributed by atoms with Crippen LogP contribution in [0.1, 0.15) is 21.7 Å². The molecule has 0 saturated carbocycles. The number of hydrogen-bond acceptors (Lipinski definition) is 6. The van der Waals surface area contributed by atoms with Crippen LogP contribution in [0.3, 0.4) is 0 Å². The predicted molar refractivity (Wildman–Crippen MR) is 116 cm³/mol. The predicted octanol–water partition coefficient (Wildman–Crippen LogP) is 4.38. The molecule has 0 atom stereocenters. The molecule has 0 unspecified atom stereocenters. The summed E-state index contributed by atoms with van der Waals surface area (Å²) in [6.07, 6.45) is 1.91. The van der Waals surface area contributed by atoms with Gasteiger partial charge in [0, 0.05) is 24.2 Å². The molecule has 0 aliphatic heterocycles. The fraction of sp³-hybridized carbons (Fsp3) is 0.190. The lowest BCUT2D eigenvalue weighted by molar-refractivity contribution is 0.102. The van der Waals surface area contributed by atoms with Crippen LogP contribution in [0.4, 0.5) is 10.8 Å². The van der Waals surface area contributed by atoms with Crippen molar-refractivity contribution in [2.45, 2.75) is 13.8 Å². The normalized spacial score (nSPS) is 10.9. The average molecular weight is 407 g/mol. The molecule has 0 radical (unpaired) electrons. The van der Waals surface area contributed by atoms with Crippen molar-refractivity contribution in [3.63, 3.8) is 0 Å². The van der Waals surface area contributed by atoms with Gasteiger partial charge in [-0.15, -0.1) is 11.3 Å². The molecule has 29 heavy (non-hydrogen) atoms. The third-order valence-electron chi connectivity index (χ3n) is 4.62. The average Bonchev–Trinajstić information content (AvgIpc) is 3.31. The Morgan fingerprint density at radius 2 is 2.00 bits per heavy atom. The number of anilines is 2. The minimum absolute atomic E-state index is 0.245. The summed E-state index contributed by atoms with van der Waals surface area (Å²) < 4.78 is 7.27. The molecule has 4 rings (SSSR count). The number of pyridine rings is 1. The van der Waals surface area contributed by atoms with Crippen LogP contribution in [-0.4, -0.2) is 34.4 Å². The van der Waals surface area contributed by atoms with Gasteiger partial charge in [-0.3, -0.25) is 9.20 Å². The van der Waals surface area contributed by atoms with E-state index in [4.69, 9.17) is 4.74 Å². The van der Waals surface area contributed by atoms with Crippen LogP contribution >= 0.6 is 11.3 Å². The summed E-state index contributed by atoms with van der Waals surface area (Å²) >= 11 is 1.52. The van der Waals surface area contributed by atoms with Crippen molar-refractivity contribution in [3.05, 3.63) is 58.9 Å². The molecule has 0 fully saturated rings. The van der Waals surface area contributed by atoms with Gasteiger partial charge in [-0.1, -0.05) is 6.07 Å². The van der Waals surface area contributed by atoms with E-state index in [1.165, 1.54) is 11.3 Å². The van der Waals surface area contributed by atoms with E-state index >= 15 is 0 Å². The third-order valence-corrected chi connectivity index (χ3v) is 5.48. The van der Waals surface area contributed by atoms with Crippen LogP contribution in [-0.2, 0) is 0 Å². The highest BCUT2D eigenvalue weighted by molar-refractivity contribution is 7.14. The van der Waals surface area contributed by atoms with Gasteiger partial charge in [0.05, 0.1) is 24.2 Å². The van der Waals surface area contributed by atoms with Gasteiger partial charge in [0.25, 0.3) is 5.91 Å². The van der Waals surface area contributed by atoms with Crippen molar-refractivity contribution >= 4 is 33.7 Å². The van der Waals surface area contributed by atoms with Crippen molar-refractivity contribution in [3.8, 4) is 17.0 Å². The number of carbonyl (C=O) groups excluding carboxylic acids is 1. The van der Waals surface area contributed by atoms with Gasteiger partial charge < -0.3 is 15.4 Å². The number of hydrogen-bond donors (Lipinski definition) is 2. The maximum atomic E-state index is 13.1. The Kier molecular flexibility index (Phi) is 4.94. The molecular formula is C21H21N5O2S. The number of aromatic nitrogens is 3. The molecule has 0 aliphatic rings. The van der Waals surface area contributed by atoms with Crippen LogP contribution in [0.15, 0.2) is 41.9 Å². The Labute approximate surface area is 172 Å². The van der Waals surface area contributed by atoms with E-state index in [0.29, 0.717) is 22.8 Å². The van der Waals surface area contributed by atoms with E-state index in [-0.39, 0.29) is 5.91 Å². The number of methoxy groups -OCH3 is 1. The summed E-state index contributed by atoms with van der Waals surface area (Å²) in [6, 6.07) is 9.50. The zero-order valence-electron chi connectivity index (χ0n) is 16.6. The Bertz CT molecular complexity index is 1210. The second kappa shape index (κ2) is 7.56. The van der Waals surface area contributed by atoms with Gasteiger partial charge >= 0.3 is 0 Å². The number of imidazole rings is 1. The fourth-order valence-corrected chi connectivity index (χ4v) is 3.89. The minimum atomic E-state index is -0.245. The van der Waals surface area contributed by atoms with Crippen LogP contribution < -0.4 is 15.4 Å². The van der Waals surface area contributed by atoms with Crippen LogP contribution in [0.5, 0.6) is 5.75 Å². The number of aryl methyl sites for hydroxylation is 2. The van der Waals surface area contributed by atoms with Gasteiger partial charge in [-0.05, 0) is 43.7 Å². The Hall–Kier alpha value is -3.39. The zero-order valence-corrected chi connectivity index (χ0v) is 17.4. The lowest BCUT2D eigenvalue weighted by Crippen LogP contribution is -2.16. The van der Waals surface area contributed by atoms with E-state index in [1.54, 1.807) is 7.11 Å². The number of amides is 1. The number of benzene rings is 1. The molecule has 0 aliphatic carbocycles. The highest BCUT2D eigenvalue weighted by Gasteiger charge is 2.19. The Morgan fingerprint density at radius 1 is 1.17 bits per heavy atom. The zero-order chi connectivity index (χ0) is 20.5. The summed E-state index contributed by atoms with van der Waals surface area (Å²) in [5.41, 5.74) is 5.26. The maximum Gasteiger partial charge on any atom is 0.274 e. The monoisotopic (exact) mass is 407 g/mol. The van der Waals surface area contributed by atoms with Gasteiger partial charge in [0.1, 0.15) is 17.1 Å². The number of carbonyl (C=O) groups is 1. The highest BCUT2D eigenvalue weighted by atomic mass is 32.1. The minimum Gasteiger partial charge on any atom is -0.495 e. The number of nitrogens with one attached hydrogen (secondary N) is 2. The van der Waals surface area contributed by atoms with E-state index in [2.05, 4.69) is 20.6 Å². The first-order chi connectivity index (χ1) is 14.0. The number of rotatable bonds is 5. The molecule has 0 saturated heterocycles. The fourth-order valence-electron chi connectivity index (χ4n) is 3.21. The van der Waals surface area contributed by atoms with Crippen molar-refractivity contribution < 1.29 is 9.53 Å². The molecule has 0 bridgehead atoms. The summed E-state index contributed by atoms with van der Waals surface area (Å²) in [4.78, 5) is 22.2. The second-order valence-electron chi connectivity index (χ2n) is 6.64. The molecule has 4 aromatic rings. The number of ether oxygens (including phenoxy) is 1. The molecule has 1 aromatic carbocycles. The summed E-state index contributed by atoms with van der Waals surface area (Å²) in [5, 5.41) is 8.82.